The van der Waals surface area contributed by atoms with Crippen LogP contribution in [0.2, 0.25) is 0 Å². The molecule has 0 aliphatic heterocycles. The second kappa shape index (κ2) is 5.16. The summed E-state index contributed by atoms with van der Waals surface area (Å²) in [6.45, 7) is 5.79. The Hall–Kier alpha value is -1.02. The zero-order chi connectivity index (χ0) is 13.3. The fraction of sp³-hybridized carbons (Fsp3) is 0.647. The number of hydrogen-bond acceptors (Lipinski definition) is 2. The smallest absolute Gasteiger partial charge is 0.119 e. The largest absolute Gasteiger partial charge is 0.490 e. The van der Waals surface area contributed by atoms with Gasteiger partial charge in [0.2, 0.25) is 0 Å². The summed E-state index contributed by atoms with van der Waals surface area (Å²) in [5.41, 5.74) is 1.65. The van der Waals surface area contributed by atoms with E-state index in [1.165, 1.54) is 37.7 Å². The Balaban J connectivity index is 1.55. The van der Waals surface area contributed by atoms with Gasteiger partial charge in [0.1, 0.15) is 5.75 Å². The van der Waals surface area contributed by atoms with Crippen LogP contribution in [0.25, 0.3) is 0 Å². The van der Waals surface area contributed by atoms with E-state index in [0.717, 1.165) is 18.3 Å². The predicted molar refractivity (Wildman–Crippen MR) is 78.8 cm³/mol. The molecule has 2 heteroatoms. The first kappa shape index (κ1) is 13.0. The molecule has 0 bridgehead atoms. The highest BCUT2D eigenvalue weighted by Gasteiger charge is 2.25. The average molecular weight is 259 g/mol. The minimum absolute atomic E-state index is 0.236. The first-order chi connectivity index (χ1) is 9.13. The molecule has 104 valence electrons. The molecule has 0 atom stereocenters. The highest BCUT2D eigenvalue weighted by molar-refractivity contribution is 5.32. The van der Waals surface area contributed by atoms with Crippen LogP contribution in [-0.4, -0.2) is 18.7 Å². The van der Waals surface area contributed by atoms with Gasteiger partial charge in [-0.25, -0.2) is 0 Å². The van der Waals surface area contributed by atoms with Crippen molar-refractivity contribution in [3.05, 3.63) is 29.8 Å². The molecule has 0 amide bonds. The number of rotatable bonds is 7. The molecule has 1 N–H and O–H groups in total. The van der Waals surface area contributed by atoms with Crippen LogP contribution >= 0.6 is 0 Å². The number of nitrogens with one attached hydrogen (secondary N) is 1. The van der Waals surface area contributed by atoms with Crippen molar-refractivity contribution in [1.29, 1.82) is 0 Å². The maximum absolute atomic E-state index is 5.80. The lowest BCUT2D eigenvalue weighted by Gasteiger charge is -2.25. The third-order valence-electron chi connectivity index (χ3n) is 4.22. The molecule has 1 aromatic rings. The second-order valence-electron chi connectivity index (χ2n) is 6.70. The Morgan fingerprint density at radius 2 is 1.79 bits per heavy atom. The first-order valence-corrected chi connectivity index (χ1v) is 7.64. The van der Waals surface area contributed by atoms with Gasteiger partial charge < -0.3 is 10.1 Å². The van der Waals surface area contributed by atoms with E-state index in [4.69, 9.17) is 4.74 Å². The van der Waals surface area contributed by atoms with Gasteiger partial charge in [-0.15, -0.1) is 0 Å². The topological polar surface area (TPSA) is 21.3 Å². The van der Waals surface area contributed by atoms with E-state index < -0.39 is 0 Å². The zero-order valence-corrected chi connectivity index (χ0v) is 12.1. The summed E-state index contributed by atoms with van der Waals surface area (Å²) in [6, 6.07) is 9.53. The molecule has 0 aromatic heterocycles. The van der Waals surface area contributed by atoms with Crippen LogP contribution < -0.4 is 10.1 Å². The second-order valence-corrected chi connectivity index (χ2v) is 6.70. The van der Waals surface area contributed by atoms with Gasteiger partial charge in [0, 0.05) is 6.04 Å². The molecular formula is C17H25NO. The third kappa shape index (κ3) is 3.73. The maximum Gasteiger partial charge on any atom is 0.119 e. The molecule has 2 fully saturated rings. The molecule has 2 aliphatic rings. The van der Waals surface area contributed by atoms with Crippen LogP contribution in [0.5, 0.6) is 5.75 Å². The summed E-state index contributed by atoms with van der Waals surface area (Å²) < 4.78 is 5.80. The van der Waals surface area contributed by atoms with Crippen molar-refractivity contribution < 1.29 is 4.74 Å². The van der Waals surface area contributed by atoms with E-state index in [1.54, 1.807) is 0 Å². The van der Waals surface area contributed by atoms with Crippen molar-refractivity contribution in [3.8, 4) is 5.75 Å². The lowest BCUT2D eigenvalue weighted by atomic mass is 9.81. The molecule has 2 saturated carbocycles. The number of hydrogen-bond donors (Lipinski definition) is 1. The Labute approximate surface area is 116 Å². The van der Waals surface area contributed by atoms with Crippen molar-refractivity contribution in [2.75, 3.05) is 6.54 Å². The van der Waals surface area contributed by atoms with Crippen LogP contribution in [-0.2, 0) is 5.41 Å². The lowest BCUT2D eigenvalue weighted by molar-refractivity contribution is 0.303. The van der Waals surface area contributed by atoms with Gasteiger partial charge in [-0.05, 0) is 61.8 Å². The van der Waals surface area contributed by atoms with Crippen molar-refractivity contribution >= 4 is 0 Å². The molecule has 2 aliphatic carbocycles. The van der Waals surface area contributed by atoms with Crippen LogP contribution in [0.3, 0.4) is 0 Å². The standard InChI is InChI=1S/C17H25NO/c1-17(2,11-12-18-14-5-6-14)13-3-7-15(8-4-13)19-16-9-10-16/h3-4,7-8,14,16,18H,5-6,9-12H2,1-2H3. The van der Waals surface area contributed by atoms with E-state index in [-0.39, 0.29) is 5.41 Å². The monoisotopic (exact) mass is 259 g/mol. The van der Waals surface area contributed by atoms with Gasteiger partial charge >= 0.3 is 0 Å². The first-order valence-electron chi connectivity index (χ1n) is 7.64. The fourth-order valence-corrected chi connectivity index (χ4v) is 2.38. The third-order valence-corrected chi connectivity index (χ3v) is 4.22. The maximum atomic E-state index is 5.80. The van der Waals surface area contributed by atoms with E-state index >= 15 is 0 Å². The predicted octanol–water partition coefficient (Wildman–Crippen LogP) is 3.65. The zero-order valence-electron chi connectivity index (χ0n) is 12.1. The van der Waals surface area contributed by atoms with Crippen LogP contribution in [0.15, 0.2) is 24.3 Å². The van der Waals surface area contributed by atoms with Gasteiger partial charge in [-0.2, -0.15) is 0 Å². The van der Waals surface area contributed by atoms with Crippen LogP contribution in [0.1, 0.15) is 51.5 Å². The summed E-state index contributed by atoms with van der Waals surface area (Å²) in [5.74, 6) is 1.03. The normalized spacial score (nSPS) is 19.5. The quantitative estimate of drug-likeness (QED) is 0.807. The summed E-state index contributed by atoms with van der Waals surface area (Å²) in [6.07, 6.45) is 6.86. The van der Waals surface area contributed by atoms with Gasteiger partial charge in [0.15, 0.2) is 0 Å². The summed E-state index contributed by atoms with van der Waals surface area (Å²) in [4.78, 5) is 0. The number of benzene rings is 1. The van der Waals surface area contributed by atoms with E-state index in [2.05, 4.69) is 43.4 Å². The Kier molecular flexibility index (Phi) is 3.53. The molecule has 0 saturated heterocycles. The molecular weight excluding hydrogens is 234 g/mol. The van der Waals surface area contributed by atoms with Crippen LogP contribution in [0.4, 0.5) is 0 Å². The van der Waals surface area contributed by atoms with E-state index in [9.17, 15) is 0 Å². The molecule has 1 aromatic carbocycles. The molecule has 0 radical (unpaired) electrons. The van der Waals surface area contributed by atoms with Crippen molar-refractivity contribution in [3.63, 3.8) is 0 Å². The molecule has 0 heterocycles. The van der Waals surface area contributed by atoms with Gasteiger partial charge in [-0.1, -0.05) is 26.0 Å². The average Bonchev–Trinajstić information content (AvgIpc) is 3.24. The van der Waals surface area contributed by atoms with Crippen molar-refractivity contribution in [2.24, 2.45) is 0 Å². The lowest BCUT2D eigenvalue weighted by Crippen LogP contribution is -2.26. The van der Waals surface area contributed by atoms with E-state index in [0.29, 0.717) is 6.10 Å². The van der Waals surface area contributed by atoms with Crippen molar-refractivity contribution in [2.45, 2.75) is 63.5 Å². The van der Waals surface area contributed by atoms with Crippen molar-refractivity contribution in [1.82, 2.24) is 5.32 Å². The Morgan fingerprint density at radius 3 is 2.37 bits per heavy atom. The highest BCUT2D eigenvalue weighted by atomic mass is 16.5. The molecule has 3 rings (SSSR count). The summed E-state index contributed by atoms with van der Waals surface area (Å²) in [5, 5.41) is 3.60. The van der Waals surface area contributed by atoms with Gasteiger partial charge in [-0.3, -0.25) is 0 Å². The minimum atomic E-state index is 0.236. The van der Waals surface area contributed by atoms with Gasteiger partial charge in [0.25, 0.3) is 0 Å². The SMILES string of the molecule is CC(C)(CCNC1CC1)c1ccc(OC2CC2)cc1. The van der Waals surface area contributed by atoms with Crippen LogP contribution in [0, 0.1) is 0 Å². The highest BCUT2D eigenvalue weighted by Crippen LogP contribution is 2.31. The molecule has 0 unspecified atom stereocenters. The summed E-state index contributed by atoms with van der Waals surface area (Å²) in [7, 11) is 0. The molecule has 19 heavy (non-hydrogen) atoms. The number of ether oxygens (including phenoxy) is 1. The van der Waals surface area contributed by atoms with E-state index in [1.807, 2.05) is 0 Å². The molecule has 2 nitrogen and oxygen atoms in total. The Bertz CT molecular complexity index is 415. The Morgan fingerprint density at radius 1 is 1.11 bits per heavy atom. The minimum Gasteiger partial charge on any atom is -0.490 e. The van der Waals surface area contributed by atoms with Gasteiger partial charge in [0.05, 0.1) is 6.10 Å². The summed E-state index contributed by atoms with van der Waals surface area (Å²) >= 11 is 0. The fourth-order valence-electron chi connectivity index (χ4n) is 2.38. The molecule has 0 spiro atoms.